The summed E-state index contributed by atoms with van der Waals surface area (Å²) in [7, 11) is 0. The van der Waals surface area contributed by atoms with Crippen LogP contribution >= 0.6 is 22.9 Å². The first-order valence-electron chi connectivity index (χ1n) is 12.9. The average molecular weight is 580 g/mol. The number of halogens is 1. The summed E-state index contributed by atoms with van der Waals surface area (Å²) >= 11 is 7.25. The molecule has 5 rings (SSSR count). The van der Waals surface area contributed by atoms with E-state index in [1.807, 2.05) is 74.5 Å². The Kier molecular flexibility index (Phi) is 8.15. The number of imide groups is 1. The number of thiophene rings is 1. The molecule has 5 nitrogen and oxygen atoms in total. The number of carbonyl (C=O) groups excluding carboxylic acids is 2. The Bertz CT molecular complexity index is 1760. The van der Waals surface area contributed by atoms with E-state index in [-0.39, 0.29) is 16.1 Å². The van der Waals surface area contributed by atoms with Crippen LogP contribution in [0.1, 0.15) is 52.6 Å². The Morgan fingerprint density at radius 2 is 1.49 bits per heavy atom. The molecule has 0 unspecified atom stereocenters. The molecule has 0 fully saturated rings. The molecule has 0 spiro atoms. The predicted molar refractivity (Wildman–Crippen MR) is 164 cm³/mol. The molecule has 1 aromatic heterocycles. The van der Waals surface area contributed by atoms with Crippen molar-refractivity contribution in [2.75, 3.05) is 4.90 Å². The summed E-state index contributed by atoms with van der Waals surface area (Å²) in [5.74, 6) is -2.43. The smallest absolute Gasteiger partial charge is 0.348 e. The zero-order valence-corrected chi connectivity index (χ0v) is 24.0. The van der Waals surface area contributed by atoms with Crippen molar-refractivity contribution in [1.82, 2.24) is 0 Å². The van der Waals surface area contributed by atoms with Crippen LogP contribution in [0.3, 0.4) is 0 Å². The van der Waals surface area contributed by atoms with Crippen molar-refractivity contribution in [3.05, 3.63) is 146 Å². The lowest BCUT2D eigenvalue weighted by Crippen LogP contribution is -2.38. The van der Waals surface area contributed by atoms with Gasteiger partial charge in [-0.3, -0.25) is 9.59 Å². The normalized spacial score (nSPS) is 10.8. The molecule has 204 valence electrons. The molecular weight excluding hydrogens is 554 g/mol. The lowest BCUT2D eigenvalue weighted by Gasteiger charge is -2.23. The summed E-state index contributed by atoms with van der Waals surface area (Å²) in [6, 6.07) is 30.5. The number of hydrogen-bond acceptors (Lipinski definition) is 4. The first-order valence-corrected chi connectivity index (χ1v) is 14.1. The lowest BCUT2D eigenvalue weighted by molar-refractivity contribution is 0.0703. The van der Waals surface area contributed by atoms with Crippen LogP contribution in [0, 0.1) is 13.8 Å². The number of rotatable bonds is 7. The number of anilines is 1. The maximum Gasteiger partial charge on any atom is 0.348 e. The summed E-state index contributed by atoms with van der Waals surface area (Å²) < 4.78 is 0. The second kappa shape index (κ2) is 11.9. The molecule has 0 aliphatic carbocycles. The highest BCUT2D eigenvalue weighted by atomic mass is 35.5. The topological polar surface area (TPSA) is 74.7 Å². The molecule has 7 heteroatoms. The summed E-state index contributed by atoms with van der Waals surface area (Å²) in [6.07, 6.45) is 0.403. The Hall–Kier alpha value is -4.52. The van der Waals surface area contributed by atoms with E-state index >= 15 is 0 Å². The van der Waals surface area contributed by atoms with Gasteiger partial charge in [0.15, 0.2) is 0 Å². The third kappa shape index (κ3) is 6.14. The lowest BCUT2D eigenvalue weighted by atomic mass is 9.96. The van der Waals surface area contributed by atoms with E-state index in [2.05, 4.69) is 0 Å². The van der Waals surface area contributed by atoms with Crippen molar-refractivity contribution in [3.63, 3.8) is 0 Å². The highest BCUT2D eigenvalue weighted by Crippen LogP contribution is 2.38. The Morgan fingerprint density at radius 3 is 2.17 bits per heavy atom. The number of aryl methyl sites for hydroxylation is 2. The van der Waals surface area contributed by atoms with Crippen LogP contribution in [0.5, 0.6) is 0 Å². The molecule has 0 aliphatic rings. The highest BCUT2D eigenvalue weighted by Gasteiger charge is 2.33. The van der Waals surface area contributed by atoms with Gasteiger partial charge in [-0.05, 0) is 73.4 Å². The average Bonchev–Trinajstić information content (AvgIpc) is 3.39. The maximum absolute atomic E-state index is 14.4. The van der Waals surface area contributed by atoms with Crippen LogP contribution in [0.2, 0.25) is 5.02 Å². The minimum absolute atomic E-state index is 0.0335. The van der Waals surface area contributed by atoms with Crippen molar-refractivity contribution in [3.8, 4) is 10.4 Å². The zero-order valence-electron chi connectivity index (χ0n) is 22.4. The number of benzene rings is 4. The third-order valence-corrected chi connectivity index (χ3v) is 8.08. The van der Waals surface area contributed by atoms with Gasteiger partial charge >= 0.3 is 5.97 Å². The number of carbonyl (C=O) groups is 3. The van der Waals surface area contributed by atoms with Gasteiger partial charge in [0.2, 0.25) is 0 Å². The fraction of sp³-hybridized carbons (Fsp3) is 0.0882. The number of carboxylic acids is 1. The Labute approximate surface area is 247 Å². The van der Waals surface area contributed by atoms with Crippen LogP contribution in [0.4, 0.5) is 5.69 Å². The van der Waals surface area contributed by atoms with E-state index in [1.165, 1.54) is 0 Å². The molecule has 41 heavy (non-hydrogen) atoms. The van der Waals surface area contributed by atoms with Gasteiger partial charge in [0.05, 0.1) is 5.69 Å². The summed E-state index contributed by atoms with van der Waals surface area (Å²) in [6.45, 7) is 3.83. The van der Waals surface area contributed by atoms with Crippen LogP contribution in [-0.4, -0.2) is 22.9 Å². The zero-order chi connectivity index (χ0) is 29.1. The van der Waals surface area contributed by atoms with Crippen LogP contribution in [0.25, 0.3) is 10.4 Å². The summed E-state index contributed by atoms with van der Waals surface area (Å²) in [5.41, 5.74) is 4.91. The van der Waals surface area contributed by atoms with Gasteiger partial charge in [0.25, 0.3) is 11.8 Å². The predicted octanol–water partition coefficient (Wildman–Crippen LogP) is 8.46. The second-order valence-corrected chi connectivity index (χ2v) is 11.3. The van der Waals surface area contributed by atoms with Crippen molar-refractivity contribution >= 4 is 46.4 Å². The van der Waals surface area contributed by atoms with Gasteiger partial charge in [0, 0.05) is 21.0 Å². The van der Waals surface area contributed by atoms with E-state index in [0.717, 1.165) is 38.5 Å². The Balaban J connectivity index is 1.67. The molecule has 0 bridgehead atoms. The maximum atomic E-state index is 14.4. The molecule has 2 amide bonds. The van der Waals surface area contributed by atoms with E-state index < -0.39 is 17.8 Å². The van der Waals surface area contributed by atoms with E-state index in [0.29, 0.717) is 27.4 Å². The van der Waals surface area contributed by atoms with Gasteiger partial charge < -0.3 is 5.11 Å². The van der Waals surface area contributed by atoms with E-state index in [9.17, 15) is 19.5 Å². The number of amides is 2. The van der Waals surface area contributed by atoms with E-state index in [4.69, 9.17) is 11.6 Å². The van der Waals surface area contributed by atoms with Crippen LogP contribution in [0.15, 0.2) is 103 Å². The molecule has 0 aliphatic heterocycles. The Morgan fingerprint density at radius 1 is 0.780 bits per heavy atom. The molecule has 0 saturated carbocycles. The van der Waals surface area contributed by atoms with Crippen LogP contribution in [-0.2, 0) is 6.42 Å². The van der Waals surface area contributed by atoms with Gasteiger partial charge in [-0.25, -0.2) is 9.69 Å². The second-order valence-electron chi connectivity index (χ2n) is 9.78. The SMILES string of the molecule is Cc1ccc(C(=O)N(C(=O)c2ccc(C)cc2Cc2cccc(Cl)c2)c2cc(-c3ccccc3)sc2C(=O)O)cc1. The monoisotopic (exact) mass is 579 g/mol. The minimum atomic E-state index is -1.22. The van der Waals surface area contributed by atoms with Crippen molar-refractivity contribution in [2.24, 2.45) is 0 Å². The molecule has 1 N–H and O–H groups in total. The summed E-state index contributed by atoms with van der Waals surface area (Å²) in [5, 5.41) is 10.8. The largest absolute Gasteiger partial charge is 0.477 e. The fourth-order valence-corrected chi connectivity index (χ4v) is 5.85. The van der Waals surface area contributed by atoms with Crippen molar-refractivity contribution in [2.45, 2.75) is 20.3 Å². The van der Waals surface area contributed by atoms with Gasteiger partial charge in [-0.2, -0.15) is 0 Å². The quantitative estimate of drug-likeness (QED) is 0.196. The van der Waals surface area contributed by atoms with Gasteiger partial charge in [0.1, 0.15) is 4.88 Å². The molecule has 1 heterocycles. The minimum Gasteiger partial charge on any atom is -0.477 e. The molecule has 0 saturated heterocycles. The third-order valence-electron chi connectivity index (χ3n) is 6.69. The number of hydrogen-bond donors (Lipinski definition) is 1. The number of nitrogens with zero attached hydrogens (tertiary/aromatic N) is 1. The first-order chi connectivity index (χ1) is 19.7. The van der Waals surface area contributed by atoms with Gasteiger partial charge in [-0.15, -0.1) is 11.3 Å². The number of aromatic carboxylic acids is 1. The molecule has 5 aromatic rings. The fourth-order valence-electron chi connectivity index (χ4n) is 4.65. The molecule has 4 aromatic carbocycles. The highest BCUT2D eigenvalue weighted by molar-refractivity contribution is 7.18. The standard InChI is InChI=1S/C34H26ClNO4S/c1-21-11-14-25(15-12-21)32(37)36(29-20-30(41-31(29)34(39)40)24-8-4-3-5-9-24)33(38)28-16-13-22(2)17-26(28)18-23-7-6-10-27(35)19-23/h3-17,19-20H,18H2,1-2H3,(H,39,40). The number of carboxylic acid groups (broad SMARTS) is 1. The van der Waals surface area contributed by atoms with Crippen molar-refractivity contribution < 1.29 is 19.5 Å². The molecule has 0 radical (unpaired) electrons. The summed E-state index contributed by atoms with van der Waals surface area (Å²) in [4.78, 5) is 42.5. The molecular formula is C34H26ClNO4S. The molecule has 0 atom stereocenters. The first kappa shape index (κ1) is 28.0. The van der Waals surface area contributed by atoms with Gasteiger partial charge in [-0.1, -0.05) is 89.5 Å². The van der Waals surface area contributed by atoms with Crippen LogP contribution < -0.4 is 4.90 Å². The van der Waals surface area contributed by atoms with Crippen molar-refractivity contribution in [1.29, 1.82) is 0 Å². The van der Waals surface area contributed by atoms with E-state index in [1.54, 1.807) is 42.5 Å².